The molecule has 110 valence electrons. The number of carboxylic acids is 1. The van der Waals surface area contributed by atoms with Crippen LogP contribution in [0.15, 0.2) is 24.4 Å². The first kappa shape index (κ1) is 14.4. The van der Waals surface area contributed by atoms with E-state index in [1.807, 2.05) is 0 Å². The van der Waals surface area contributed by atoms with Gasteiger partial charge in [-0.2, -0.15) is 5.10 Å². The summed E-state index contributed by atoms with van der Waals surface area (Å²) >= 11 is 12.2. The van der Waals surface area contributed by atoms with Crippen molar-refractivity contribution in [3.63, 3.8) is 0 Å². The highest BCUT2D eigenvalue weighted by atomic mass is 35.5. The first-order valence-electron chi connectivity index (χ1n) is 6.84. The second-order valence-electron chi connectivity index (χ2n) is 5.24. The summed E-state index contributed by atoms with van der Waals surface area (Å²) in [5, 5.41) is 14.8. The third-order valence-corrected chi connectivity index (χ3v) is 4.41. The summed E-state index contributed by atoms with van der Waals surface area (Å²) < 4.78 is 1.77. The monoisotopic (exact) mass is 324 g/mol. The fraction of sp³-hybridized carbons (Fsp3) is 0.333. The number of carboxylic acid groups (broad SMARTS) is 1. The minimum atomic E-state index is -1.01. The van der Waals surface area contributed by atoms with Gasteiger partial charge in [0.25, 0.3) is 0 Å². The largest absolute Gasteiger partial charge is 0.478 e. The second kappa shape index (κ2) is 5.70. The van der Waals surface area contributed by atoms with Crippen molar-refractivity contribution in [2.24, 2.45) is 0 Å². The number of hydrogen-bond acceptors (Lipinski definition) is 2. The molecule has 0 radical (unpaired) electrons. The van der Waals surface area contributed by atoms with Gasteiger partial charge in [0.05, 0.1) is 11.1 Å². The number of hydrogen-bond donors (Lipinski definition) is 1. The van der Waals surface area contributed by atoms with Crippen LogP contribution in [0.2, 0.25) is 10.0 Å². The fourth-order valence-electron chi connectivity index (χ4n) is 2.78. The molecule has 0 aliphatic heterocycles. The molecule has 3 rings (SSSR count). The Labute approximate surface area is 132 Å². The van der Waals surface area contributed by atoms with E-state index in [1.165, 1.54) is 0 Å². The van der Waals surface area contributed by atoms with Gasteiger partial charge in [-0.25, -0.2) is 4.79 Å². The van der Waals surface area contributed by atoms with Gasteiger partial charge < -0.3 is 5.11 Å². The fourth-order valence-corrected chi connectivity index (χ4v) is 3.16. The summed E-state index contributed by atoms with van der Waals surface area (Å²) in [6, 6.07) is 5.24. The Bertz CT molecular complexity index is 691. The molecule has 1 aliphatic carbocycles. The van der Waals surface area contributed by atoms with Gasteiger partial charge in [-0.05, 0) is 31.0 Å². The van der Waals surface area contributed by atoms with Crippen molar-refractivity contribution in [3.05, 3.63) is 40.0 Å². The van der Waals surface area contributed by atoms with E-state index < -0.39 is 5.97 Å². The van der Waals surface area contributed by atoms with E-state index in [9.17, 15) is 9.90 Å². The molecule has 1 fully saturated rings. The molecule has 1 aromatic carbocycles. The summed E-state index contributed by atoms with van der Waals surface area (Å²) in [7, 11) is 0. The van der Waals surface area contributed by atoms with Crippen LogP contribution in [0.25, 0.3) is 11.3 Å². The summed E-state index contributed by atoms with van der Waals surface area (Å²) in [5.41, 5.74) is 1.09. The zero-order valence-corrected chi connectivity index (χ0v) is 12.7. The van der Waals surface area contributed by atoms with Crippen molar-refractivity contribution in [1.29, 1.82) is 0 Å². The van der Waals surface area contributed by atoms with Crippen LogP contribution in [0, 0.1) is 0 Å². The summed E-state index contributed by atoms with van der Waals surface area (Å²) in [6.07, 6.45) is 5.97. The predicted molar refractivity (Wildman–Crippen MR) is 82.1 cm³/mol. The SMILES string of the molecule is O=C(O)c1cn(C2CCCC2)nc1-c1cc(Cl)ccc1Cl. The molecular weight excluding hydrogens is 311 g/mol. The lowest BCUT2D eigenvalue weighted by Gasteiger charge is -2.09. The van der Waals surface area contributed by atoms with Gasteiger partial charge in [0.2, 0.25) is 0 Å². The Morgan fingerprint density at radius 3 is 2.67 bits per heavy atom. The minimum Gasteiger partial charge on any atom is -0.478 e. The molecule has 0 bridgehead atoms. The van der Waals surface area contributed by atoms with Gasteiger partial charge in [0.1, 0.15) is 11.3 Å². The highest BCUT2D eigenvalue weighted by Crippen LogP contribution is 2.35. The van der Waals surface area contributed by atoms with Crippen LogP contribution < -0.4 is 0 Å². The smallest absolute Gasteiger partial charge is 0.339 e. The number of carbonyl (C=O) groups is 1. The molecule has 4 nitrogen and oxygen atoms in total. The molecule has 0 saturated heterocycles. The Balaban J connectivity index is 2.11. The van der Waals surface area contributed by atoms with Crippen molar-refractivity contribution in [3.8, 4) is 11.3 Å². The van der Waals surface area contributed by atoms with Crippen LogP contribution >= 0.6 is 23.2 Å². The maximum absolute atomic E-state index is 11.5. The third-order valence-electron chi connectivity index (χ3n) is 3.84. The summed E-state index contributed by atoms with van der Waals surface area (Å²) in [6.45, 7) is 0. The molecule has 1 aliphatic rings. The van der Waals surface area contributed by atoms with Crippen molar-refractivity contribution in [2.45, 2.75) is 31.7 Å². The molecule has 1 aromatic heterocycles. The number of aromatic nitrogens is 2. The molecule has 2 aromatic rings. The number of halogens is 2. The van der Waals surface area contributed by atoms with Crippen LogP contribution in [0.5, 0.6) is 0 Å². The van der Waals surface area contributed by atoms with Gasteiger partial charge in [0, 0.05) is 16.8 Å². The molecule has 21 heavy (non-hydrogen) atoms. The topological polar surface area (TPSA) is 55.1 Å². The van der Waals surface area contributed by atoms with Crippen molar-refractivity contribution in [2.75, 3.05) is 0 Å². The Morgan fingerprint density at radius 2 is 2.00 bits per heavy atom. The lowest BCUT2D eigenvalue weighted by Crippen LogP contribution is -2.05. The Kier molecular flexibility index (Phi) is 3.91. The lowest BCUT2D eigenvalue weighted by atomic mass is 10.1. The quantitative estimate of drug-likeness (QED) is 0.892. The zero-order valence-electron chi connectivity index (χ0n) is 11.2. The maximum Gasteiger partial charge on any atom is 0.339 e. The van der Waals surface area contributed by atoms with Crippen LogP contribution in [0.4, 0.5) is 0 Å². The van der Waals surface area contributed by atoms with E-state index >= 15 is 0 Å². The number of aromatic carboxylic acids is 1. The van der Waals surface area contributed by atoms with Gasteiger partial charge in [-0.3, -0.25) is 4.68 Å². The number of benzene rings is 1. The first-order chi connectivity index (χ1) is 10.1. The Hall–Kier alpha value is -1.52. The van der Waals surface area contributed by atoms with Crippen molar-refractivity contribution in [1.82, 2.24) is 9.78 Å². The average Bonchev–Trinajstić information content (AvgIpc) is 3.09. The third kappa shape index (κ3) is 2.78. The van der Waals surface area contributed by atoms with Gasteiger partial charge in [-0.1, -0.05) is 36.0 Å². The van der Waals surface area contributed by atoms with E-state index in [4.69, 9.17) is 23.2 Å². The second-order valence-corrected chi connectivity index (χ2v) is 6.08. The van der Waals surface area contributed by atoms with Gasteiger partial charge >= 0.3 is 5.97 Å². The molecule has 0 unspecified atom stereocenters. The standard InChI is InChI=1S/C15H14Cl2N2O2/c16-9-5-6-13(17)11(7-9)14-12(15(20)21)8-19(18-14)10-3-1-2-4-10/h5-8,10H,1-4H2,(H,20,21). The molecular formula is C15H14Cl2N2O2. The first-order valence-corrected chi connectivity index (χ1v) is 7.59. The van der Waals surface area contributed by atoms with Crippen LogP contribution in [-0.2, 0) is 0 Å². The molecule has 0 atom stereocenters. The highest BCUT2D eigenvalue weighted by Gasteiger charge is 2.24. The summed E-state index contributed by atoms with van der Waals surface area (Å²) in [4.78, 5) is 11.5. The molecule has 1 heterocycles. The molecule has 0 amide bonds. The number of rotatable bonds is 3. The van der Waals surface area contributed by atoms with Crippen LogP contribution in [0.1, 0.15) is 42.1 Å². The van der Waals surface area contributed by atoms with E-state index in [0.29, 0.717) is 21.3 Å². The molecule has 6 heteroatoms. The van der Waals surface area contributed by atoms with Crippen LogP contribution in [-0.4, -0.2) is 20.9 Å². The van der Waals surface area contributed by atoms with E-state index in [1.54, 1.807) is 29.1 Å². The van der Waals surface area contributed by atoms with Crippen molar-refractivity contribution >= 4 is 29.2 Å². The minimum absolute atomic E-state index is 0.158. The lowest BCUT2D eigenvalue weighted by molar-refractivity contribution is 0.0697. The Morgan fingerprint density at radius 1 is 1.29 bits per heavy atom. The van der Waals surface area contributed by atoms with E-state index in [0.717, 1.165) is 25.7 Å². The molecule has 0 spiro atoms. The summed E-state index contributed by atoms with van der Waals surface area (Å²) in [5.74, 6) is -1.01. The average molecular weight is 325 g/mol. The highest BCUT2D eigenvalue weighted by molar-refractivity contribution is 6.35. The van der Waals surface area contributed by atoms with Gasteiger partial charge in [-0.15, -0.1) is 0 Å². The van der Waals surface area contributed by atoms with Crippen molar-refractivity contribution < 1.29 is 9.90 Å². The van der Waals surface area contributed by atoms with Crippen LogP contribution in [0.3, 0.4) is 0 Å². The van der Waals surface area contributed by atoms with E-state index in [-0.39, 0.29) is 11.6 Å². The molecule has 1 saturated carbocycles. The maximum atomic E-state index is 11.5. The normalized spacial score (nSPS) is 15.5. The number of nitrogens with zero attached hydrogens (tertiary/aromatic N) is 2. The van der Waals surface area contributed by atoms with E-state index in [2.05, 4.69) is 5.10 Å². The zero-order chi connectivity index (χ0) is 15.0. The van der Waals surface area contributed by atoms with Gasteiger partial charge in [0.15, 0.2) is 0 Å². The predicted octanol–water partition coefficient (Wildman–Crippen LogP) is 4.67. The molecule has 1 N–H and O–H groups in total.